The number of thiophene rings is 2. The number of fused-ring (bicyclic) bond motifs is 8. The van der Waals surface area contributed by atoms with E-state index in [0.29, 0.717) is 0 Å². The molecule has 0 N–H and O–H groups in total. The summed E-state index contributed by atoms with van der Waals surface area (Å²) in [7, 11) is 0. The van der Waals surface area contributed by atoms with Gasteiger partial charge in [0.25, 0.3) is 13.4 Å². The summed E-state index contributed by atoms with van der Waals surface area (Å²) in [6.45, 7) is 9.28. The van der Waals surface area contributed by atoms with Crippen molar-refractivity contribution in [1.82, 2.24) is 0 Å². The molecule has 0 bridgehead atoms. The standard InChI is InChI=1S/C66H48B2N4S2/c1-41-43(3)74-66-61(41)67-51-39-52-60(40-59(51)71(53-33-19-17-31-49(53)45-23-9-5-10-24-45)57-37-22-36-56(62(57)67)70(66)48-29-15-8-16-30-48)72(54-34-20-18-32-50(54)46-25-11-6-12-26-46)58-38-21-35-55-63(58)68(52)65-64(42(2)44(4)73-65)69(55)47-27-13-7-14-28-47/h5-40H,1-4H3. The van der Waals surface area contributed by atoms with Crippen molar-refractivity contribution in [3.8, 4) is 22.3 Å². The van der Waals surface area contributed by atoms with Crippen LogP contribution in [0.3, 0.4) is 0 Å². The maximum Gasteiger partial charge on any atom is 0.264 e. The lowest BCUT2D eigenvalue weighted by atomic mass is 9.31. The van der Waals surface area contributed by atoms with Crippen LogP contribution in [0.5, 0.6) is 0 Å². The van der Waals surface area contributed by atoms with E-state index in [9.17, 15) is 0 Å². The maximum atomic E-state index is 2.68. The van der Waals surface area contributed by atoms with Crippen LogP contribution in [-0.4, -0.2) is 13.4 Å². The summed E-state index contributed by atoms with van der Waals surface area (Å²) < 4.78 is 1.39. The predicted octanol–water partition coefficient (Wildman–Crippen LogP) is 14.5. The zero-order valence-electron chi connectivity index (χ0n) is 41.5. The van der Waals surface area contributed by atoms with Gasteiger partial charge in [0.15, 0.2) is 0 Å². The first-order valence-corrected chi connectivity index (χ1v) is 27.3. The van der Waals surface area contributed by atoms with Gasteiger partial charge in [-0.1, -0.05) is 152 Å². The second-order valence-corrected chi connectivity index (χ2v) is 22.5. The quantitative estimate of drug-likeness (QED) is 0.154. The molecule has 0 fully saturated rings. The fourth-order valence-electron chi connectivity index (χ4n) is 12.8. The van der Waals surface area contributed by atoms with Crippen LogP contribution in [-0.2, 0) is 0 Å². The number of hydrogen-bond acceptors (Lipinski definition) is 6. The second kappa shape index (κ2) is 16.6. The summed E-state index contributed by atoms with van der Waals surface area (Å²) in [4.78, 5) is 13.0. The third kappa shape index (κ3) is 6.16. The van der Waals surface area contributed by atoms with Crippen molar-refractivity contribution in [3.63, 3.8) is 0 Å². The minimum atomic E-state index is -0.0288. The summed E-state index contributed by atoms with van der Waals surface area (Å²) >= 11 is 3.90. The average molecular weight is 983 g/mol. The van der Waals surface area contributed by atoms with Gasteiger partial charge in [-0.25, -0.2) is 0 Å². The van der Waals surface area contributed by atoms with Crippen LogP contribution in [0.15, 0.2) is 218 Å². The van der Waals surface area contributed by atoms with Crippen LogP contribution in [0.1, 0.15) is 20.9 Å². The van der Waals surface area contributed by atoms with Crippen LogP contribution in [0.2, 0.25) is 0 Å². The third-order valence-corrected chi connectivity index (χ3v) is 18.7. The normalized spacial score (nSPS) is 13.5. The molecule has 350 valence electrons. The molecule has 11 aromatic rings. The van der Waals surface area contributed by atoms with E-state index in [-0.39, 0.29) is 13.4 Å². The number of para-hydroxylation sites is 4. The molecule has 6 heterocycles. The molecule has 4 nitrogen and oxygen atoms in total. The molecular formula is C66H48B2N4S2. The van der Waals surface area contributed by atoms with Crippen LogP contribution < -0.4 is 51.7 Å². The van der Waals surface area contributed by atoms with E-state index in [0.717, 1.165) is 11.4 Å². The number of hydrogen-bond donors (Lipinski definition) is 0. The Morgan fingerprint density at radius 3 is 1.30 bits per heavy atom. The first-order valence-electron chi connectivity index (χ1n) is 25.7. The zero-order chi connectivity index (χ0) is 49.3. The van der Waals surface area contributed by atoms with Crippen molar-refractivity contribution in [2.75, 3.05) is 19.6 Å². The van der Waals surface area contributed by atoms with Gasteiger partial charge in [-0.15, -0.1) is 11.3 Å². The molecule has 0 unspecified atom stereocenters. The van der Waals surface area contributed by atoms with Gasteiger partial charge in [0.1, 0.15) is 0 Å². The topological polar surface area (TPSA) is 13.0 Å². The Balaban J connectivity index is 1.09. The molecule has 0 amide bonds. The zero-order valence-corrected chi connectivity index (χ0v) is 43.2. The molecule has 0 saturated carbocycles. The lowest BCUT2D eigenvalue weighted by Gasteiger charge is -2.47. The highest BCUT2D eigenvalue weighted by Gasteiger charge is 2.50. The fraction of sp³-hybridized carbons (Fsp3) is 0.0606. The van der Waals surface area contributed by atoms with E-state index < -0.39 is 0 Å². The number of aryl methyl sites for hydroxylation is 2. The molecule has 4 aliphatic heterocycles. The van der Waals surface area contributed by atoms with E-state index in [1.54, 1.807) is 0 Å². The van der Waals surface area contributed by atoms with Gasteiger partial charge in [0.05, 0.1) is 22.1 Å². The largest absolute Gasteiger partial charge is 0.311 e. The molecule has 8 heteroatoms. The van der Waals surface area contributed by atoms with Gasteiger partial charge >= 0.3 is 0 Å². The predicted molar refractivity (Wildman–Crippen MR) is 320 cm³/mol. The smallest absolute Gasteiger partial charge is 0.264 e. The summed E-state index contributed by atoms with van der Waals surface area (Å²) in [5, 5.41) is 1.30. The SMILES string of the molecule is Cc1sc2c(c1C)B1c3cc4c(cc3N(c3ccccc3-c3ccccc3)c3cccc(c31)N2c1ccccc1)N(c1ccccc1-c1ccccc1)c1cccc2c1B4c1sc(C)c(C)c1N2c1ccccc1. The summed E-state index contributed by atoms with van der Waals surface area (Å²) in [5.74, 6) is 0. The van der Waals surface area contributed by atoms with Crippen molar-refractivity contribution < 1.29 is 0 Å². The van der Waals surface area contributed by atoms with Crippen molar-refractivity contribution in [2.24, 2.45) is 0 Å². The number of anilines is 12. The lowest BCUT2D eigenvalue weighted by Crippen LogP contribution is -2.65. The van der Waals surface area contributed by atoms with Gasteiger partial charge in [-0.3, -0.25) is 0 Å². The van der Waals surface area contributed by atoms with Gasteiger partial charge in [0.2, 0.25) is 0 Å². The highest BCUT2D eigenvalue weighted by Crippen LogP contribution is 2.52. The average Bonchev–Trinajstić information content (AvgIpc) is 3.94. The Labute approximate surface area is 441 Å². The van der Waals surface area contributed by atoms with Crippen molar-refractivity contribution in [3.05, 3.63) is 239 Å². The van der Waals surface area contributed by atoms with E-state index >= 15 is 0 Å². The summed E-state index contributed by atoms with van der Waals surface area (Å²) in [6, 6.07) is 81.3. The van der Waals surface area contributed by atoms with Crippen LogP contribution >= 0.6 is 22.7 Å². The molecule has 0 spiro atoms. The van der Waals surface area contributed by atoms with E-state index in [1.807, 2.05) is 22.7 Å². The van der Waals surface area contributed by atoms with Crippen molar-refractivity contribution in [2.45, 2.75) is 27.7 Å². The molecular weight excluding hydrogens is 935 g/mol. The third-order valence-electron chi connectivity index (χ3n) is 16.2. The maximum absolute atomic E-state index is 2.68. The fourth-order valence-corrected chi connectivity index (χ4v) is 15.3. The first kappa shape index (κ1) is 43.3. The monoisotopic (exact) mass is 982 g/mol. The van der Waals surface area contributed by atoms with E-state index in [2.05, 4.69) is 266 Å². The molecule has 0 saturated heterocycles. The molecule has 15 rings (SSSR count). The van der Waals surface area contributed by atoms with Crippen molar-refractivity contribution in [1.29, 1.82) is 0 Å². The van der Waals surface area contributed by atoms with E-state index in [4.69, 9.17) is 0 Å². The van der Waals surface area contributed by atoms with Crippen LogP contribution in [0.25, 0.3) is 22.3 Å². The molecule has 9 aromatic carbocycles. The van der Waals surface area contributed by atoms with Crippen molar-refractivity contribution >= 4 is 136 Å². The molecule has 2 aromatic heterocycles. The second-order valence-electron chi connectivity index (χ2n) is 20.0. The Morgan fingerprint density at radius 1 is 0.324 bits per heavy atom. The minimum Gasteiger partial charge on any atom is -0.311 e. The Bertz CT molecular complexity index is 4060. The van der Waals surface area contributed by atoms with Gasteiger partial charge in [-0.2, -0.15) is 11.3 Å². The number of rotatable bonds is 6. The number of nitrogens with zero attached hydrogens (tertiary/aromatic N) is 4. The molecule has 0 aliphatic carbocycles. The van der Waals surface area contributed by atoms with Gasteiger partial charge in [0, 0.05) is 71.2 Å². The van der Waals surface area contributed by atoms with Gasteiger partial charge < -0.3 is 19.6 Å². The van der Waals surface area contributed by atoms with E-state index in [1.165, 1.54) is 131 Å². The summed E-state index contributed by atoms with van der Waals surface area (Å²) in [5.41, 5.74) is 27.4. The first-order chi connectivity index (χ1) is 36.4. The Hall–Kier alpha value is -8.29. The van der Waals surface area contributed by atoms with Gasteiger partial charge in [-0.05, 0) is 144 Å². The number of benzene rings is 9. The molecule has 4 aliphatic rings. The van der Waals surface area contributed by atoms with Crippen LogP contribution in [0.4, 0.5) is 67.6 Å². The Kier molecular flexibility index (Phi) is 9.73. The molecule has 74 heavy (non-hydrogen) atoms. The van der Waals surface area contributed by atoms with Crippen LogP contribution in [0, 0.1) is 27.7 Å². The molecule has 0 radical (unpaired) electrons. The summed E-state index contributed by atoms with van der Waals surface area (Å²) in [6.07, 6.45) is 0. The minimum absolute atomic E-state index is 0.0233. The Morgan fingerprint density at radius 2 is 0.743 bits per heavy atom. The lowest BCUT2D eigenvalue weighted by molar-refractivity contribution is 1.23. The highest BCUT2D eigenvalue weighted by atomic mass is 32.1. The highest BCUT2D eigenvalue weighted by molar-refractivity contribution is 7.29. The molecule has 0 atom stereocenters.